The van der Waals surface area contributed by atoms with Crippen LogP contribution in [0.1, 0.15) is 22.6 Å². The Bertz CT molecular complexity index is 632. The molecule has 0 radical (unpaired) electrons. The van der Waals surface area contributed by atoms with Gasteiger partial charge in [0.05, 0.1) is 23.0 Å². The first-order valence-electron chi connectivity index (χ1n) is 5.55. The fourth-order valence-electron chi connectivity index (χ4n) is 1.99. The van der Waals surface area contributed by atoms with E-state index in [1.54, 1.807) is 13.0 Å². The lowest BCUT2D eigenvalue weighted by molar-refractivity contribution is -0.136. The number of alkyl halides is 3. The molecule has 0 aliphatic rings. The number of fused-ring (bicyclic) bond motifs is 1. The van der Waals surface area contributed by atoms with Gasteiger partial charge < -0.3 is 9.67 Å². The zero-order valence-corrected chi connectivity index (χ0v) is 10.0. The van der Waals surface area contributed by atoms with Crippen molar-refractivity contribution in [3.8, 4) is 0 Å². The number of nitrogens with zero attached hydrogens (tertiary/aromatic N) is 2. The Morgan fingerprint density at radius 1 is 1.42 bits per heavy atom. The highest BCUT2D eigenvalue weighted by Crippen LogP contribution is 2.25. The van der Waals surface area contributed by atoms with E-state index >= 15 is 0 Å². The monoisotopic (exact) mass is 272 g/mol. The van der Waals surface area contributed by atoms with Crippen LogP contribution in [-0.4, -0.2) is 26.8 Å². The Balaban J connectivity index is 2.53. The summed E-state index contributed by atoms with van der Waals surface area (Å²) in [5.41, 5.74) is 0.580. The molecule has 1 N–H and O–H groups in total. The number of hydrogen-bond acceptors (Lipinski definition) is 2. The quantitative estimate of drug-likeness (QED) is 0.934. The van der Waals surface area contributed by atoms with Gasteiger partial charge in [0.2, 0.25) is 0 Å². The fraction of sp³-hybridized carbons (Fsp3) is 0.333. The summed E-state index contributed by atoms with van der Waals surface area (Å²) < 4.78 is 38.2. The highest BCUT2D eigenvalue weighted by atomic mass is 19.4. The van der Waals surface area contributed by atoms with Gasteiger partial charge in [-0.05, 0) is 19.1 Å². The summed E-state index contributed by atoms with van der Waals surface area (Å²) in [6.45, 7) is 1.22. The van der Waals surface area contributed by atoms with Crippen molar-refractivity contribution in [2.45, 2.75) is 26.1 Å². The molecule has 7 heteroatoms. The van der Waals surface area contributed by atoms with Crippen LogP contribution >= 0.6 is 0 Å². The van der Waals surface area contributed by atoms with Gasteiger partial charge in [0, 0.05) is 6.54 Å². The molecule has 2 rings (SSSR count). The van der Waals surface area contributed by atoms with Gasteiger partial charge in [-0.15, -0.1) is 0 Å². The predicted octanol–water partition coefficient (Wildman–Crippen LogP) is 3.00. The van der Waals surface area contributed by atoms with E-state index in [0.717, 1.165) is 0 Å². The van der Waals surface area contributed by atoms with E-state index in [4.69, 9.17) is 5.11 Å². The zero-order chi connectivity index (χ0) is 14.2. The summed E-state index contributed by atoms with van der Waals surface area (Å²) in [5, 5.41) is 9.08. The lowest BCUT2D eigenvalue weighted by Gasteiger charge is -2.10. The Labute approximate surface area is 106 Å². The van der Waals surface area contributed by atoms with Crippen molar-refractivity contribution in [1.29, 1.82) is 0 Å². The molecule has 1 aromatic carbocycles. The minimum Gasteiger partial charge on any atom is -0.478 e. The van der Waals surface area contributed by atoms with Crippen LogP contribution in [0.4, 0.5) is 13.2 Å². The molecular formula is C12H11F3N2O2. The standard InChI is InChI=1S/C12H11F3N2O2/c1-7-16-9-4-2-3-8(11(18)19)10(9)17(7)6-5-12(13,14)15/h2-4H,5-6H2,1H3,(H,18,19). The third-order valence-electron chi connectivity index (χ3n) is 2.81. The van der Waals surface area contributed by atoms with Crippen LogP contribution < -0.4 is 0 Å². The molecule has 4 nitrogen and oxygen atoms in total. The van der Waals surface area contributed by atoms with Crippen LogP contribution in [0.5, 0.6) is 0 Å². The molecular weight excluding hydrogens is 261 g/mol. The molecule has 1 heterocycles. The number of imidazole rings is 1. The molecule has 0 amide bonds. The van der Waals surface area contributed by atoms with E-state index in [1.807, 2.05) is 0 Å². The molecule has 0 fully saturated rings. The average Bonchev–Trinajstić information content (AvgIpc) is 2.60. The van der Waals surface area contributed by atoms with Crippen molar-refractivity contribution < 1.29 is 23.1 Å². The molecule has 1 aromatic heterocycles. The van der Waals surface area contributed by atoms with Gasteiger partial charge in [-0.2, -0.15) is 13.2 Å². The number of halogens is 3. The second-order valence-corrected chi connectivity index (χ2v) is 4.15. The summed E-state index contributed by atoms with van der Waals surface area (Å²) in [7, 11) is 0. The fourth-order valence-corrected chi connectivity index (χ4v) is 1.99. The number of carbonyl (C=O) groups is 1. The summed E-state index contributed by atoms with van der Waals surface area (Å²) in [6.07, 6.45) is -5.31. The number of rotatable bonds is 3. The molecule has 0 saturated heterocycles. The number of aryl methyl sites for hydroxylation is 2. The highest BCUT2D eigenvalue weighted by molar-refractivity contribution is 6.01. The normalized spacial score (nSPS) is 12.0. The number of carboxylic acids is 1. The van der Waals surface area contributed by atoms with Gasteiger partial charge >= 0.3 is 12.1 Å². The smallest absolute Gasteiger partial charge is 0.390 e. The molecule has 19 heavy (non-hydrogen) atoms. The van der Waals surface area contributed by atoms with E-state index in [2.05, 4.69) is 4.98 Å². The van der Waals surface area contributed by atoms with Gasteiger partial charge in [0.15, 0.2) is 0 Å². The average molecular weight is 272 g/mol. The van der Waals surface area contributed by atoms with Crippen LogP contribution in [0.3, 0.4) is 0 Å². The number of carboxylic acid groups (broad SMARTS) is 1. The maximum absolute atomic E-state index is 12.3. The predicted molar refractivity (Wildman–Crippen MR) is 62.1 cm³/mol. The minimum absolute atomic E-state index is 0.0414. The SMILES string of the molecule is Cc1nc2cccc(C(=O)O)c2n1CCC(F)(F)F. The lowest BCUT2D eigenvalue weighted by atomic mass is 10.2. The van der Waals surface area contributed by atoms with Crippen molar-refractivity contribution >= 4 is 17.0 Å². The lowest BCUT2D eigenvalue weighted by Crippen LogP contribution is -2.14. The number of aromatic nitrogens is 2. The van der Waals surface area contributed by atoms with Crippen LogP contribution in [-0.2, 0) is 6.54 Å². The Morgan fingerprint density at radius 2 is 2.11 bits per heavy atom. The van der Waals surface area contributed by atoms with Crippen LogP contribution in [0.15, 0.2) is 18.2 Å². The van der Waals surface area contributed by atoms with Crippen LogP contribution in [0, 0.1) is 6.92 Å². The van der Waals surface area contributed by atoms with Gasteiger partial charge in [-0.1, -0.05) is 6.07 Å². The van der Waals surface area contributed by atoms with E-state index in [0.29, 0.717) is 11.3 Å². The Morgan fingerprint density at radius 3 is 2.68 bits per heavy atom. The molecule has 0 bridgehead atoms. The number of benzene rings is 1. The first-order valence-corrected chi connectivity index (χ1v) is 5.55. The van der Waals surface area contributed by atoms with E-state index in [9.17, 15) is 18.0 Å². The molecule has 102 valence electrons. The van der Waals surface area contributed by atoms with Crippen LogP contribution in [0.2, 0.25) is 0 Å². The second kappa shape index (κ2) is 4.56. The first-order chi connectivity index (χ1) is 8.79. The molecule has 0 atom stereocenters. The zero-order valence-electron chi connectivity index (χ0n) is 10.0. The molecule has 0 aliphatic carbocycles. The third-order valence-corrected chi connectivity index (χ3v) is 2.81. The van der Waals surface area contributed by atoms with Crippen molar-refractivity contribution in [3.63, 3.8) is 0 Å². The molecule has 0 saturated carbocycles. The molecule has 0 unspecified atom stereocenters. The summed E-state index contributed by atoms with van der Waals surface area (Å²) in [4.78, 5) is 15.2. The van der Waals surface area contributed by atoms with Gasteiger partial charge in [-0.25, -0.2) is 9.78 Å². The molecule has 0 aliphatic heterocycles. The summed E-state index contributed by atoms with van der Waals surface area (Å²) in [5.74, 6) is -0.813. The number of hydrogen-bond donors (Lipinski definition) is 1. The summed E-state index contributed by atoms with van der Waals surface area (Å²) in [6, 6.07) is 4.46. The van der Waals surface area contributed by atoms with E-state index < -0.39 is 18.6 Å². The Kier molecular flexibility index (Phi) is 3.21. The van der Waals surface area contributed by atoms with Gasteiger partial charge in [0.1, 0.15) is 5.82 Å². The molecule has 2 aromatic rings. The van der Waals surface area contributed by atoms with Crippen molar-refractivity contribution in [3.05, 3.63) is 29.6 Å². The Hall–Kier alpha value is -2.05. The minimum atomic E-state index is -4.29. The summed E-state index contributed by atoms with van der Waals surface area (Å²) >= 11 is 0. The van der Waals surface area contributed by atoms with E-state index in [-0.39, 0.29) is 17.6 Å². The largest absolute Gasteiger partial charge is 0.478 e. The van der Waals surface area contributed by atoms with Gasteiger partial charge in [0.25, 0.3) is 0 Å². The van der Waals surface area contributed by atoms with Crippen LogP contribution in [0.25, 0.3) is 11.0 Å². The van der Waals surface area contributed by atoms with E-state index in [1.165, 1.54) is 16.7 Å². The maximum atomic E-state index is 12.3. The maximum Gasteiger partial charge on any atom is 0.390 e. The topological polar surface area (TPSA) is 55.1 Å². The van der Waals surface area contributed by atoms with Gasteiger partial charge in [-0.3, -0.25) is 0 Å². The highest BCUT2D eigenvalue weighted by Gasteiger charge is 2.28. The number of para-hydroxylation sites is 1. The molecule has 0 spiro atoms. The first kappa shape index (κ1) is 13.4. The second-order valence-electron chi connectivity index (χ2n) is 4.15. The van der Waals surface area contributed by atoms with Crippen molar-refractivity contribution in [2.75, 3.05) is 0 Å². The third kappa shape index (κ3) is 2.69. The van der Waals surface area contributed by atoms with Crippen molar-refractivity contribution in [1.82, 2.24) is 9.55 Å². The number of aromatic carboxylic acids is 1. The van der Waals surface area contributed by atoms with Crippen molar-refractivity contribution in [2.24, 2.45) is 0 Å².